The fourth-order valence-corrected chi connectivity index (χ4v) is 59.7. The van der Waals surface area contributed by atoms with Gasteiger partial charge in [0.25, 0.3) is 0 Å². The summed E-state index contributed by atoms with van der Waals surface area (Å²) in [6.07, 6.45) is 0. The van der Waals surface area contributed by atoms with Crippen LogP contribution in [0.25, 0.3) is 0 Å². The molecule has 0 bridgehead atoms. The first-order valence-corrected chi connectivity index (χ1v) is 28.8. The topological polar surface area (TPSA) is 9.23 Å². The third-order valence-electron chi connectivity index (χ3n) is 5.99. The highest BCUT2D eigenvalue weighted by Crippen LogP contribution is 2.36. The van der Waals surface area contributed by atoms with Crippen molar-refractivity contribution >= 4 is 44.1 Å². The smallest absolute Gasteiger partial charge is 0.184 e. The molecule has 0 spiro atoms. The standard InChI is InChI=1S/C24H48OSi5/c1-24(2,3)23(29(13,14)22-18-16-15-17-19-22)20-21-30(27(7,8)9,28(10,11)12)25-26(4,5)6/h15-19,21H,1-14H3. The first kappa shape index (κ1) is 27.8. The normalized spacial score (nSPS) is 14.3. The molecule has 0 heterocycles. The molecule has 1 aromatic carbocycles. The van der Waals surface area contributed by atoms with Gasteiger partial charge in [0.1, 0.15) is 8.07 Å². The molecule has 0 saturated carbocycles. The molecule has 6 heteroatoms. The second-order valence-electron chi connectivity index (χ2n) is 13.4. The fourth-order valence-electron chi connectivity index (χ4n) is 4.88. The van der Waals surface area contributed by atoms with Gasteiger partial charge in [0, 0.05) is 0 Å². The van der Waals surface area contributed by atoms with Crippen LogP contribution in [0.5, 0.6) is 0 Å². The minimum Gasteiger partial charge on any atom is -0.456 e. The molecule has 0 radical (unpaired) electrons. The van der Waals surface area contributed by atoms with Crippen molar-refractivity contribution in [3.05, 3.63) is 47.0 Å². The summed E-state index contributed by atoms with van der Waals surface area (Å²) in [5.41, 5.74) is 6.74. The molecule has 0 unspecified atom stereocenters. The Hall–Kier alpha value is -0.216. The highest BCUT2D eigenvalue weighted by Gasteiger charge is 2.56. The Kier molecular flexibility index (Phi) is 8.31. The lowest BCUT2D eigenvalue weighted by atomic mass is 9.96. The highest BCUT2D eigenvalue weighted by atomic mass is 29.7. The van der Waals surface area contributed by atoms with E-state index in [4.69, 9.17) is 4.12 Å². The second-order valence-corrected chi connectivity index (χ2v) is 48.4. The lowest BCUT2D eigenvalue weighted by Crippen LogP contribution is -2.74. The van der Waals surface area contributed by atoms with Crippen LogP contribution < -0.4 is 5.19 Å². The first-order chi connectivity index (χ1) is 13.2. The third-order valence-corrected chi connectivity index (χ3v) is 48.2. The predicted molar refractivity (Wildman–Crippen MR) is 151 cm³/mol. The Labute approximate surface area is 192 Å². The van der Waals surface area contributed by atoms with Crippen molar-refractivity contribution < 1.29 is 4.12 Å². The van der Waals surface area contributed by atoms with Gasteiger partial charge in [-0.3, -0.25) is 0 Å². The van der Waals surface area contributed by atoms with Gasteiger partial charge in [-0.15, -0.1) is 5.73 Å². The molecule has 0 aliphatic rings. The molecule has 0 aliphatic heterocycles. The Morgan fingerprint density at radius 1 is 0.767 bits per heavy atom. The monoisotopic (exact) mass is 492 g/mol. The van der Waals surface area contributed by atoms with Crippen LogP contribution in [0.15, 0.2) is 47.0 Å². The van der Waals surface area contributed by atoms with E-state index in [0.717, 1.165) is 0 Å². The van der Waals surface area contributed by atoms with E-state index in [1.165, 1.54) is 10.4 Å². The zero-order valence-electron chi connectivity index (χ0n) is 22.4. The van der Waals surface area contributed by atoms with Crippen LogP contribution in [-0.2, 0) is 4.12 Å². The summed E-state index contributed by atoms with van der Waals surface area (Å²) in [6, 6.07) is 11.1. The quantitative estimate of drug-likeness (QED) is 0.284. The van der Waals surface area contributed by atoms with Gasteiger partial charge in [0.15, 0.2) is 15.7 Å². The van der Waals surface area contributed by atoms with Crippen LogP contribution in [0.3, 0.4) is 0 Å². The van der Waals surface area contributed by atoms with Crippen molar-refractivity contribution in [2.75, 3.05) is 0 Å². The molecular weight excluding hydrogens is 445 g/mol. The van der Waals surface area contributed by atoms with Crippen LogP contribution in [0, 0.1) is 5.41 Å². The van der Waals surface area contributed by atoms with E-state index < -0.39 is 38.9 Å². The number of allylic oxidation sites excluding steroid dienone is 1. The van der Waals surface area contributed by atoms with Gasteiger partial charge in [-0.05, 0) is 36.0 Å². The van der Waals surface area contributed by atoms with Gasteiger partial charge in [-0.25, -0.2) is 0 Å². The van der Waals surface area contributed by atoms with E-state index in [2.05, 4.69) is 135 Å². The van der Waals surface area contributed by atoms with Gasteiger partial charge in [0.05, 0.1) is 15.2 Å². The van der Waals surface area contributed by atoms with Gasteiger partial charge in [-0.2, -0.15) is 0 Å². The van der Waals surface area contributed by atoms with Crippen molar-refractivity contribution in [1.82, 2.24) is 0 Å². The number of hydrogen-bond donors (Lipinski definition) is 0. The molecule has 1 rings (SSSR count). The van der Waals surface area contributed by atoms with Gasteiger partial charge in [0.2, 0.25) is 0 Å². The summed E-state index contributed by atoms with van der Waals surface area (Å²) >= 11 is 0. The lowest BCUT2D eigenvalue weighted by Gasteiger charge is -2.50. The number of hydrogen-bond acceptors (Lipinski definition) is 1. The summed E-state index contributed by atoms with van der Waals surface area (Å²) in [4.78, 5) is 0. The van der Waals surface area contributed by atoms with Gasteiger partial charge >= 0.3 is 0 Å². The average molecular weight is 493 g/mol. The predicted octanol–water partition coefficient (Wildman–Crippen LogP) is 7.44. The molecule has 1 nitrogen and oxygen atoms in total. The van der Waals surface area contributed by atoms with E-state index in [-0.39, 0.29) is 5.41 Å². The zero-order valence-corrected chi connectivity index (χ0v) is 27.4. The molecule has 0 aliphatic carbocycles. The van der Waals surface area contributed by atoms with Crippen molar-refractivity contribution in [2.24, 2.45) is 5.41 Å². The summed E-state index contributed by atoms with van der Waals surface area (Å²) in [5.74, 6) is 0. The average Bonchev–Trinajstić information content (AvgIpc) is 2.50. The summed E-state index contributed by atoms with van der Waals surface area (Å²) < 4.78 is 7.32. The molecule has 170 valence electrons. The Morgan fingerprint density at radius 2 is 1.20 bits per heavy atom. The molecular formula is C24H48OSi5. The lowest BCUT2D eigenvalue weighted by molar-refractivity contribution is 0.526. The SMILES string of the molecule is CC(C)(C)C(=C=C[Si](O[Si](C)(C)C)([Si](C)(C)C)[Si](C)(C)C)[Si](C)(C)c1ccccc1. The minimum atomic E-state index is -2.05. The van der Waals surface area contributed by atoms with Crippen LogP contribution in [-0.4, -0.2) is 38.9 Å². The molecule has 0 fully saturated rings. The molecule has 0 aromatic heterocycles. The second kappa shape index (κ2) is 8.97. The Bertz CT molecular complexity index is 764. The highest BCUT2D eigenvalue weighted by molar-refractivity contribution is 7.69. The van der Waals surface area contributed by atoms with Crippen LogP contribution in [0.2, 0.25) is 72.0 Å². The summed E-state index contributed by atoms with van der Waals surface area (Å²) in [5, 5.41) is 3.02. The molecule has 0 amide bonds. The summed E-state index contributed by atoms with van der Waals surface area (Å²) in [6.45, 7) is 34.5. The molecule has 30 heavy (non-hydrogen) atoms. The van der Waals surface area contributed by atoms with Crippen LogP contribution in [0.4, 0.5) is 0 Å². The van der Waals surface area contributed by atoms with Crippen LogP contribution >= 0.6 is 0 Å². The molecule has 0 atom stereocenters. The maximum absolute atomic E-state index is 7.32. The fraction of sp³-hybridized carbons (Fsp3) is 0.625. The number of benzene rings is 1. The van der Waals surface area contributed by atoms with E-state index in [0.29, 0.717) is 0 Å². The molecule has 1 aromatic rings. The van der Waals surface area contributed by atoms with Crippen LogP contribution in [0.1, 0.15) is 20.8 Å². The largest absolute Gasteiger partial charge is 0.456 e. The maximum Gasteiger partial charge on any atom is 0.184 e. The van der Waals surface area contributed by atoms with E-state index in [1.54, 1.807) is 0 Å². The van der Waals surface area contributed by atoms with E-state index in [9.17, 15) is 0 Å². The zero-order chi connectivity index (χ0) is 23.8. The van der Waals surface area contributed by atoms with Crippen molar-refractivity contribution in [3.63, 3.8) is 0 Å². The van der Waals surface area contributed by atoms with E-state index in [1.807, 2.05) is 0 Å². The Balaban J connectivity index is 3.94. The third kappa shape index (κ3) is 6.41. The number of rotatable bonds is 7. The van der Waals surface area contributed by atoms with E-state index >= 15 is 0 Å². The molecule has 0 N–H and O–H groups in total. The van der Waals surface area contributed by atoms with Gasteiger partial charge < -0.3 is 4.12 Å². The Morgan fingerprint density at radius 3 is 1.53 bits per heavy atom. The summed E-state index contributed by atoms with van der Waals surface area (Å²) in [7, 11) is -8.66. The van der Waals surface area contributed by atoms with Crippen molar-refractivity contribution in [3.8, 4) is 0 Å². The van der Waals surface area contributed by atoms with Crippen molar-refractivity contribution in [1.29, 1.82) is 0 Å². The minimum absolute atomic E-state index is 0.0975. The first-order valence-electron chi connectivity index (χ1n) is 11.4. The maximum atomic E-state index is 7.32. The van der Waals surface area contributed by atoms with Crippen molar-refractivity contribution in [2.45, 2.75) is 92.8 Å². The van der Waals surface area contributed by atoms with Gasteiger partial charge in [-0.1, -0.05) is 109 Å². The molecule has 0 saturated heterocycles.